The lowest BCUT2D eigenvalue weighted by Gasteiger charge is -2.20. The Hall–Kier alpha value is -1.95. The van der Waals surface area contributed by atoms with Crippen molar-refractivity contribution in [3.8, 4) is 0 Å². The molecule has 0 aromatic carbocycles. The summed E-state index contributed by atoms with van der Waals surface area (Å²) < 4.78 is 0. The number of nitrogen functional groups attached to an aromatic ring is 1. The van der Waals surface area contributed by atoms with Gasteiger partial charge >= 0.3 is 0 Å². The Morgan fingerprint density at radius 1 is 1.22 bits per heavy atom. The molecule has 1 aliphatic heterocycles. The number of aryl methyl sites for hydroxylation is 1. The molecule has 0 fully saturated rings. The maximum absolute atomic E-state index is 9.52. The van der Waals surface area contributed by atoms with Crippen LogP contribution in [0.1, 0.15) is 46.0 Å². The fourth-order valence-corrected chi connectivity index (χ4v) is 2.62. The summed E-state index contributed by atoms with van der Waals surface area (Å²) in [6.07, 6.45) is 0.711. The molecule has 6 nitrogen and oxygen atoms in total. The number of hydrogen-bond donors (Lipinski definition) is 3. The van der Waals surface area contributed by atoms with Gasteiger partial charge in [-0.3, -0.25) is 4.98 Å². The topological polar surface area (TPSA) is 97.0 Å². The Labute approximate surface area is 138 Å². The van der Waals surface area contributed by atoms with Gasteiger partial charge in [0, 0.05) is 24.3 Å². The minimum absolute atomic E-state index is 0.105. The van der Waals surface area contributed by atoms with E-state index in [0.717, 1.165) is 22.3 Å². The molecular weight excluding hydrogens is 290 g/mol. The molecule has 2 aromatic rings. The molecule has 2 atom stereocenters. The SMILES string of the molecule is CC.CC.Cc1cc2nc(N)nc3c2c(n1)CC(CO)C(C)N3. The third kappa shape index (κ3) is 4.07. The summed E-state index contributed by atoms with van der Waals surface area (Å²) in [6, 6.07) is 2.02. The molecule has 2 aromatic heterocycles. The van der Waals surface area contributed by atoms with E-state index in [1.807, 2.05) is 47.6 Å². The maximum atomic E-state index is 9.52. The molecule has 0 radical (unpaired) electrons. The number of rotatable bonds is 1. The van der Waals surface area contributed by atoms with Crippen molar-refractivity contribution >= 4 is 22.7 Å². The van der Waals surface area contributed by atoms with Crippen LogP contribution in [0.3, 0.4) is 0 Å². The first-order valence-electron chi connectivity index (χ1n) is 8.39. The first-order chi connectivity index (χ1) is 11.1. The number of aromatic nitrogens is 3. The van der Waals surface area contributed by atoms with Crippen molar-refractivity contribution in [3.05, 3.63) is 17.5 Å². The van der Waals surface area contributed by atoms with Gasteiger partial charge in [0.2, 0.25) is 5.95 Å². The Kier molecular flexibility index (Phi) is 7.16. The van der Waals surface area contributed by atoms with Crippen molar-refractivity contribution in [2.45, 2.75) is 54.0 Å². The predicted molar refractivity (Wildman–Crippen MR) is 96.5 cm³/mol. The summed E-state index contributed by atoms with van der Waals surface area (Å²) in [4.78, 5) is 13.1. The molecule has 4 N–H and O–H groups in total. The average molecular weight is 319 g/mol. The molecule has 0 saturated carbocycles. The smallest absolute Gasteiger partial charge is 0.222 e. The van der Waals surface area contributed by atoms with E-state index in [9.17, 15) is 5.11 Å². The highest BCUT2D eigenvalue weighted by Gasteiger charge is 2.26. The number of hydrogen-bond acceptors (Lipinski definition) is 6. The van der Waals surface area contributed by atoms with Crippen LogP contribution in [0, 0.1) is 12.8 Å². The largest absolute Gasteiger partial charge is 0.396 e. The van der Waals surface area contributed by atoms with E-state index in [4.69, 9.17) is 5.73 Å². The van der Waals surface area contributed by atoms with E-state index in [0.29, 0.717) is 12.2 Å². The molecule has 0 spiro atoms. The van der Waals surface area contributed by atoms with Gasteiger partial charge in [-0.25, -0.2) is 4.98 Å². The molecule has 23 heavy (non-hydrogen) atoms. The number of nitrogens with two attached hydrogens (primary N) is 1. The molecule has 0 amide bonds. The lowest BCUT2D eigenvalue weighted by atomic mass is 9.97. The molecule has 3 rings (SSSR count). The van der Waals surface area contributed by atoms with E-state index in [2.05, 4.69) is 20.3 Å². The second-order valence-electron chi connectivity index (χ2n) is 5.11. The zero-order valence-electron chi connectivity index (χ0n) is 15.0. The standard InChI is InChI=1S/C13H17N5O.2C2H6/c1-6-3-9-11-10(15-6)4-8(5-19)7(2)16-12(11)18-13(14)17-9;2*1-2/h3,7-8,19H,4-5H2,1-2H3,(H3,14,16,17,18);2*1-2H3. The van der Waals surface area contributed by atoms with E-state index < -0.39 is 0 Å². The van der Waals surface area contributed by atoms with Crippen LogP contribution in [0.5, 0.6) is 0 Å². The lowest BCUT2D eigenvalue weighted by Crippen LogP contribution is -2.29. The molecule has 6 heteroatoms. The van der Waals surface area contributed by atoms with Crippen molar-refractivity contribution in [1.82, 2.24) is 15.0 Å². The van der Waals surface area contributed by atoms with Gasteiger partial charge in [0.1, 0.15) is 5.82 Å². The van der Waals surface area contributed by atoms with Gasteiger partial charge < -0.3 is 16.2 Å². The van der Waals surface area contributed by atoms with Crippen molar-refractivity contribution < 1.29 is 5.11 Å². The van der Waals surface area contributed by atoms with Crippen LogP contribution in [0.2, 0.25) is 0 Å². The number of anilines is 2. The highest BCUT2D eigenvalue weighted by Crippen LogP contribution is 2.31. The third-order valence-electron chi connectivity index (χ3n) is 3.66. The van der Waals surface area contributed by atoms with Crippen molar-refractivity contribution in [1.29, 1.82) is 0 Å². The minimum atomic E-state index is 0.105. The monoisotopic (exact) mass is 319 g/mol. The molecule has 1 aliphatic rings. The van der Waals surface area contributed by atoms with Gasteiger partial charge in [-0.2, -0.15) is 4.98 Å². The Bertz CT molecular complexity index is 639. The van der Waals surface area contributed by atoms with Crippen LogP contribution in [-0.2, 0) is 6.42 Å². The van der Waals surface area contributed by atoms with E-state index in [1.165, 1.54) is 0 Å². The summed E-state index contributed by atoms with van der Waals surface area (Å²) in [5, 5.41) is 13.8. The zero-order valence-corrected chi connectivity index (χ0v) is 15.0. The van der Waals surface area contributed by atoms with Crippen molar-refractivity contribution in [2.75, 3.05) is 17.7 Å². The fourth-order valence-electron chi connectivity index (χ4n) is 2.62. The van der Waals surface area contributed by atoms with Gasteiger partial charge in [0.15, 0.2) is 0 Å². The Morgan fingerprint density at radius 2 is 1.87 bits per heavy atom. The van der Waals surface area contributed by atoms with Gasteiger partial charge in [-0.15, -0.1) is 0 Å². The predicted octanol–water partition coefficient (Wildman–Crippen LogP) is 2.93. The Balaban J connectivity index is 0.000000615. The maximum Gasteiger partial charge on any atom is 0.222 e. The van der Waals surface area contributed by atoms with Crippen LogP contribution >= 0.6 is 0 Å². The van der Waals surface area contributed by atoms with Crippen LogP contribution in [0.15, 0.2) is 6.07 Å². The van der Waals surface area contributed by atoms with Crippen molar-refractivity contribution in [3.63, 3.8) is 0 Å². The summed E-state index contributed by atoms with van der Waals surface area (Å²) in [6.45, 7) is 12.1. The minimum Gasteiger partial charge on any atom is -0.396 e. The molecule has 2 unspecified atom stereocenters. The quantitative estimate of drug-likeness (QED) is 0.748. The third-order valence-corrected chi connectivity index (χ3v) is 3.66. The number of pyridine rings is 1. The highest BCUT2D eigenvalue weighted by atomic mass is 16.3. The normalized spacial score (nSPS) is 18.7. The van der Waals surface area contributed by atoms with Crippen LogP contribution < -0.4 is 11.1 Å². The van der Waals surface area contributed by atoms with E-state index in [1.54, 1.807) is 0 Å². The first-order valence-corrected chi connectivity index (χ1v) is 8.39. The fraction of sp³-hybridized carbons (Fsp3) is 0.588. The molecule has 3 heterocycles. The van der Waals surface area contributed by atoms with E-state index >= 15 is 0 Å². The van der Waals surface area contributed by atoms with Gasteiger partial charge in [-0.05, 0) is 26.3 Å². The zero-order chi connectivity index (χ0) is 17.6. The summed E-state index contributed by atoms with van der Waals surface area (Å²) in [7, 11) is 0. The van der Waals surface area contributed by atoms with Gasteiger partial charge in [-0.1, -0.05) is 27.7 Å². The van der Waals surface area contributed by atoms with Crippen LogP contribution in [0.25, 0.3) is 10.9 Å². The molecule has 0 saturated heterocycles. The summed E-state index contributed by atoms with van der Waals surface area (Å²) in [5.74, 6) is 1.07. The molecule has 0 bridgehead atoms. The number of aliphatic hydroxyl groups excluding tert-OH is 1. The Morgan fingerprint density at radius 3 is 2.48 bits per heavy atom. The van der Waals surface area contributed by atoms with Gasteiger partial charge in [0.05, 0.1) is 16.6 Å². The molecule has 128 valence electrons. The number of aliphatic hydroxyl groups is 1. The van der Waals surface area contributed by atoms with E-state index in [-0.39, 0.29) is 24.5 Å². The summed E-state index contributed by atoms with van der Waals surface area (Å²) in [5.41, 5.74) is 8.40. The molecule has 0 aliphatic carbocycles. The molecular formula is C17H29N5O. The first kappa shape index (κ1) is 19.1. The van der Waals surface area contributed by atoms with Crippen LogP contribution in [-0.4, -0.2) is 32.7 Å². The van der Waals surface area contributed by atoms with Crippen LogP contribution in [0.4, 0.5) is 11.8 Å². The second-order valence-corrected chi connectivity index (χ2v) is 5.11. The second kappa shape index (κ2) is 8.62. The average Bonchev–Trinajstić information content (AvgIpc) is 2.67. The lowest BCUT2D eigenvalue weighted by molar-refractivity contribution is 0.213. The number of nitrogens with zero attached hydrogens (tertiary/aromatic N) is 3. The van der Waals surface area contributed by atoms with Crippen molar-refractivity contribution in [2.24, 2.45) is 5.92 Å². The van der Waals surface area contributed by atoms with Gasteiger partial charge in [0.25, 0.3) is 0 Å². The highest BCUT2D eigenvalue weighted by molar-refractivity contribution is 5.92. The summed E-state index contributed by atoms with van der Waals surface area (Å²) >= 11 is 0. The number of nitrogens with one attached hydrogen (secondary N) is 1.